The van der Waals surface area contributed by atoms with Gasteiger partial charge in [-0.15, -0.1) is 0 Å². The first kappa shape index (κ1) is 13.0. The average Bonchev–Trinajstić information content (AvgIpc) is 2.64. The van der Waals surface area contributed by atoms with Gasteiger partial charge < -0.3 is 9.84 Å². The molecule has 0 saturated heterocycles. The highest BCUT2D eigenvalue weighted by atomic mass is 79.9. The van der Waals surface area contributed by atoms with E-state index in [4.69, 9.17) is 4.74 Å². The second kappa shape index (κ2) is 5.07. The quantitative estimate of drug-likeness (QED) is 0.880. The van der Waals surface area contributed by atoms with E-state index < -0.39 is 12.1 Å². The summed E-state index contributed by atoms with van der Waals surface area (Å²) in [5.41, 5.74) is 1.33. The summed E-state index contributed by atoms with van der Waals surface area (Å²) in [4.78, 5) is 11.5. The van der Waals surface area contributed by atoms with E-state index in [1.54, 1.807) is 30.8 Å². The molecule has 2 aromatic rings. The van der Waals surface area contributed by atoms with Gasteiger partial charge in [0.25, 0.3) is 0 Å². The van der Waals surface area contributed by atoms with Crippen LogP contribution in [0.4, 0.5) is 0 Å². The van der Waals surface area contributed by atoms with E-state index in [0.717, 1.165) is 15.5 Å². The molecule has 0 fully saturated rings. The zero-order valence-corrected chi connectivity index (χ0v) is 11.6. The number of aryl methyl sites for hydroxylation is 1. The number of nitrogens with zero attached hydrogens (tertiary/aromatic N) is 2. The van der Waals surface area contributed by atoms with E-state index >= 15 is 0 Å². The van der Waals surface area contributed by atoms with Gasteiger partial charge in [0.05, 0.1) is 12.1 Å². The van der Waals surface area contributed by atoms with Crippen molar-refractivity contribution in [3.8, 4) is 0 Å². The standard InChI is InChI=1S/C12H13BrN2O3/c1-3-18-12(17)10(16)7-4-5-8-9(6-7)15(2)14-11(8)13/h4-6,10,16H,3H2,1-2H3. The number of ether oxygens (including phenoxy) is 1. The molecule has 0 bridgehead atoms. The molecule has 1 unspecified atom stereocenters. The molecule has 1 aromatic carbocycles. The molecule has 2 rings (SSSR count). The Hall–Kier alpha value is -1.40. The van der Waals surface area contributed by atoms with Crippen molar-refractivity contribution in [2.24, 2.45) is 7.05 Å². The van der Waals surface area contributed by atoms with E-state index in [1.807, 2.05) is 6.07 Å². The highest BCUT2D eigenvalue weighted by Gasteiger charge is 2.19. The predicted octanol–water partition coefficient (Wildman–Crippen LogP) is 1.93. The first-order valence-electron chi connectivity index (χ1n) is 5.51. The van der Waals surface area contributed by atoms with Gasteiger partial charge in [0.15, 0.2) is 6.10 Å². The molecule has 96 valence electrons. The van der Waals surface area contributed by atoms with Gasteiger partial charge in [-0.3, -0.25) is 4.68 Å². The summed E-state index contributed by atoms with van der Waals surface area (Å²) in [6.45, 7) is 1.95. The van der Waals surface area contributed by atoms with E-state index in [0.29, 0.717) is 5.56 Å². The highest BCUT2D eigenvalue weighted by Crippen LogP contribution is 2.26. The molecule has 0 radical (unpaired) electrons. The molecule has 0 saturated carbocycles. The van der Waals surface area contributed by atoms with Gasteiger partial charge >= 0.3 is 5.97 Å². The maximum atomic E-state index is 11.5. The van der Waals surface area contributed by atoms with Crippen LogP contribution in [0.25, 0.3) is 10.9 Å². The van der Waals surface area contributed by atoms with Crippen LogP contribution in [0.15, 0.2) is 22.8 Å². The van der Waals surface area contributed by atoms with Crippen LogP contribution in [0.5, 0.6) is 0 Å². The Morgan fingerprint density at radius 3 is 3.00 bits per heavy atom. The maximum absolute atomic E-state index is 11.5. The molecule has 0 spiro atoms. The van der Waals surface area contributed by atoms with Gasteiger partial charge in [0.2, 0.25) is 0 Å². The number of carbonyl (C=O) groups is 1. The fourth-order valence-corrected chi connectivity index (χ4v) is 2.33. The Kier molecular flexibility index (Phi) is 3.68. The van der Waals surface area contributed by atoms with Crippen molar-refractivity contribution in [1.29, 1.82) is 0 Å². The monoisotopic (exact) mass is 312 g/mol. The van der Waals surface area contributed by atoms with Crippen LogP contribution >= 0.6 is 15.9 Å². The van der Waals surface area contributed by atoms with Gasteiger partial charge in [0.1, 0.15) is 4.60 Å². The van der Waals surface area contributed by atoms with Crippen molar-refractivity contribution < 1.29 is 14.6 Å². The molecular weight excluding hydrogens is 300 g/mol. The van der Waals surface area contributed by atoms with Crippen molar-refractivity contribution in [3.05, 3.63) is 28.4 Å². The van der Waals surface area contributed by atoms with Crippen molar-refractivity contribution in [3.63, 3.8) is 0 Å². The van der Waals surface area contributed by atoms with Gasteiger partial charge in [0, 0.05) is 12.4 Å². The van der Waals surface area contributed by atoms with Crippen molar-refractivity contribution in [1.82, 2.24) is 9.78 Å². The first-order valence-corrected chi connectivity index (χ1v) is 6.30. The minimum atomic E-state index is -1.26. The smallest absolute Gasteiger partial charge is 0.339 e. The average molecular weight is 313 g/mol. The number of carbonyl (C=O) groups excluding carboxylic acids is 1. The molecule has 6 heteroatoms. The van der Waals surface area contributed by atoms with Crippen LogP contribution in [0.1, 0.15) is 18.6 Å². The molecule has 0 amide bonds. The molecule has 0 aliphatic carbocycles. The van der Waals surface area contributed by atoms with Gasteiger partial charge in [-0.25, -0.2) is 4.79 Å². The number of aliphatic hydroxyl groups is 1. The number of aliphatic hydroxyl groups excluding tert-OH is 1. The second-order valence-electron chi connectivity index (χ2n) is 3.85. The molecule has 1 atom stereocenters. The Morgan fingerprint density at radius 1 is 1.61 bits per heavy atom. The Bertz CT molecular complexity index is 594. The summed E-state index contributed by atoms with van der Waals surface area (Å²) < 4.78 is 7.20. The van der Waals surface area contributed by atoms with Gasteiger partial charge in [-0.2, -0.15) is 5.10 Å². The number of halogens is 1. The molecule has 1 heterocycles. The van der Waals surface area contributed by atoms with Crippen LogP contribution in [0.2, 0.25) is 0 Å². The lowest BCUT2D eigenvalue weighted by atomic mass is 10.1. The molecular formula is C12H13BrN2O3. The molecule has 1 aromatic heterocycles. The zero-order chi connectivity index (χ0) is 13.3. The van der Waals surface area contributed by atoms with Crippen LogP contribution in [-0.4, -0.2) is 27.5 Å². The summed E-state index contributed by atoms with van der Waals surface area (Å²) in [5, 5.41) is 15.0. The van der Waals surface area contributed by atoms with Crippen molar-refractivity contribution >= 4 is 32.8 Å². The van der Waals surface area contributed by atoms with E-state index in [9.17, 15) is 9.90 Å². The molecule has 0 aliphatic rings. The number of benzene rings is 1. The number of rotatable bonds is 3. The predicted molar refractivity (Wildman–Crippen MR) is 70.0 cm³/mol. The van der Waals surface area contributed by atoms with Crippen LogP contribution in [0.3, 0.4) is 0 Å². The first-order chi connectivity index (χ1) is 8.54. The Morgan fingerprint density at radius 2 is 2.33 bits per heavy atom. The minimum absolute atomic E-state index is 0.245. The summed E-state index contributed by atoms with van der Waals surface area (Å²) in [5.74, 6) is -0.641. The minimum Gasteiger partial charge on any atom is -0.464 e. The summed E-state index contributed by atoms with van der Waals surface area (Å²) >= 11 is 3.35. The number of aromatic nitrogens is 2. The molecule has 0 aliphatic heterocycles. The topological polar surface area (TPSA) is 64.3 Å². The molecule has 5 nitrogen and oxygen atoms in total. The summed E-state index contributed by atoms with van der Waals surface area (Å²) in [6.07, 6.45) is -1.26. The second-order valence-corrected chi connectivity index (χ2v) is 4.60. The molecule has 1 N–H and O–H groups in total. The van der Waals surface area contributed by atoms with Gasteiger partial charge in [-0.1, -0.05) is 6.07 Å². The van der Waals surface area contributed by atoms with E-state index in [2.05, 4.69) is 21.0 Å². The normalized spacial score (nSPS) is 12.7. The fraction of sp³-hybridized carbons (Fsp3) is 0.333. The van der Waals surface area contributed by atoms with Crippen molar-refractivity contribution in [2.75, 3.05) is 6.61 Å². The lowest BCUT2D eigenvalue weighted by Crippen LogP contribution is -2.15. The maximum Gasteiger partial charge on any atom is 0.339 e. The fourth-order valence-electron chi connectivity index (χ4n) is 1.76. The zero-order valence-electron chi connectivity index (χ0n) is 10.1. The lowest BCUT2D eigenvalue weighted by molar-refractivity contribution is -0.153. The highest BCUT2D eigenvalue weighted by molar-refractivity contribution is 9.10. The van der Waals surface area contributed by atoms with Crippen LogP contribution in [0, 0.1) is 0 Å². The number of esters is 1. The summed E-state index contributed by atoms with van der Waals surface area (Å²) in [7, 11) is 1.80. The summed E-state index contributed by atoms with van der Waals surface area (Å²) in [6, 6.07) is 5.23. The number of fused-ring (bicyclic) bond motifs is 1. The molecule has 18 heavy (non-hydrogen) atoms. The van der Waals surface area contributed by atoms with Crippen LogP contribution < -0.4 is 0 Å². The van der Waals surface area contributed by atoms with Crippen LogP contribution in [-0.2, 0) is 16.6 Å². The third-order valence-electron chi connectivity index (χ3n) is 2.66. The van der Waals surface area contributed by atoms with Gasteiger partial charge in [-0.05, 0) is 40.5 Å². The SMILES string of the molecule is CCOC(=O)C(O)c1ccc2c(Br)nn(C)c2c1. The van der Waals surface area contributed by atoms with E-state index in [-0.39, 0.29) is 6.61 Å². The lowest BCUT2D eigenvalue weighted by Gasteiger charge is -2.10. The number of hydrogen-bond donors (Lipinski definition) is 1. The third-order valence-corrected chi connectivity index (χ3v) is 3.24. The Balaban J connectivity index is 2.41. The Labute approximate surface area is 112 Å². The van der Waals surface area contributed by atoms with E-state index in [1.165, 1.54) is 0 Å². The van der Waals surface area contributed by atoms with Crippen molar-refractivity contribution in [2.45, 2.75) is 13.0 Å². The number of hydrogen-bond acceptors (Lipinski definition) is 4. The largest absolute Gasteiger partial charge is 0.464 e. The third kappa shape index (κ3) is 2.26.